The van der Waals surface area contributed by atoms with Crippen molar-refractivity contribution in [1.29, 1.82) is 0 Å². The van der Waals surface area contributed by atoms with Gasteiger partial charge in [-0.3, -0.25) is 4.57 Å². The minimum atomic E-state index is -2.59. The van der Waals surface area contributed by atoms with Crippen LogP contribution in [0.4, 0.5) is 11.4 Å². The van der Waals surface area contributed by atoms with E-state index in [0.717, 1.165) is 22.2 Å². The van der Waals surface area contributed by atoms with Gasteiger partial charge in [0, 0.05) is 13.7 Å². The molecular formula is C17H22N2OP+. The van der Waals surface area contributed by atoms with Crippen LogP contribution in [-0.2, 0) is 4.57 Å². The third-order valence-electron chi connectivity index (χ3n) is 4.63. The topological polar surface area (TPSA) is 20.3 Å². The molecule has 0 aromatic heterocycles. The molecule has 4 heteroatoms. The van der Waals surface area contributed by atoms with Crippen LogP contribution in [0.25, 0.3) is 0 Å². The van der Waals surface area contributed by atoms with Crippen LogP contribution >= 0.6 is 7.29 Å². The van der Waals surface area contributed by atoms with Gasteiger partial charge < -0.3 is 4.90 Å². The first-order valence-electron chi connectivity index (χ1n) is 7.18. The quantitative estimate of drug-likeness (QED) is 0.751. The average molecular weight is 301 g/mol. The minimum absolute atomic E-state index is 0.445. The summed E-state index contributed by atoms with van der Waals surface area (Å²) < 4.78 is 14.2. The summed E-state index contributed by atoms with van der Waals surface area (Å²) in [7, 11) is 1.57. The number of benzene rings is 2. The molecule has 0 N–H and O–H groups in total. The zero-order chi connectivity index (χ0) is 15.3. The molecule has 3 rings (SSSR count). The summed E-state index contributed by atoms with van der Waals surface area (Å²) in [5, 5.41) is 0.989. The van der Waals surface area contributed by atoms with Gasteiger partial charge in [0.15, 0.2) is 6.67 Å². The second-order valence-corrected chi connectivity index (χ2v) is 9.31. The second-order valence-electron chi connectivity index (χ2n) is 6.19. The van der Waals surface area contributed by atoms with Crippen LogP contribution in [0, 0.1) is 6.92 Å². The van der Waals surface area contributed by atoms with E-state index < -0.39 is 7.29 Å². The maximum atomic E-state index is 13.8. The molecule has 3 nitrogen and oxygen atoms in total. The second kappa shape index (κ2) is 4.72. The fraction of sp³-hybridized carbons (Fsp3) is 0.294. The van der Waals surface area contributed by atoms with E-state index in [0.29, 0.717) is 10.9 Å². The summed E-state index contributed by atoms with van der Waals surface area (Å²) in [5.41, 5.74) is 3.35. The van der Waals surface area contributed by atoms with Crippen molar-refractivity contribution < 1.29 is 4.57 Å². The molecule has 0 radical (unpaired) electrons. The zero-order valence-corrected chi connectivity index (χ0v) is 14.0. The number of anilines is 1. The van der Waals surface area contributed by atoms with Crippen molar-refractivity contribution in [2.24, 2.45) is 0 Å². The summed E-state index contributed by atoms with van der Waals surface area (Å²) in [6, 6.07) is 16.5. The van der Waals surface area contributed by atoms with Crippen molar-refractivity contribution in [3.63, 3.8) is 0 Å². The molecule has 1 aliphatic heterocycles. The lowest BCUT2D eigenvalue weighted by atomic mass is 10.2. The highest BCUT2D eigenvalue weighted by Gasteiger charge is 2.49. The van der Waals surface area contributed by atoms with E-state index in [1.54, 1.807) is 0 Å². The van der Waals surface area contributed by atoms with E-state index in [-0.39, 0.29) is 0 Å². The van der Waals surface area contributed by atoms with E-state index in [2.05, 4.69) is 56.3 Å². The maximum absolute atomic E-state index is 13.8. The predicted molar refractivity (Wildman–Crippen MR) is 91.8 cm³/mol. The highest BCUT2D eigenvalue weighted by Crippen LogP contribution is 2.57. The Bertz CT molecular complexity index is 729. The number of aryl methyl sites for hydroxylation is 1. The van der Waals surface area contributed by atoms with Gasteiger partial charge >= 0.3 is 0 Å². The van der Waals surface area contributed by atoms with Gasteiger partial charge in [0.2, 0.25) is 0 Å². The molecule has 0 fully saturated rings. The van der Waals surface area contributed by atoms with Crippen LogP contribution in [0.5, 0.6) is 0 Å². The van der Waals surface area contributed by atoms with Gasteiger partial charge in [-0.25, -0.2) is 4.25 Å². The number of quaternary nitrogens is 1. The zero-order valence-electron chi connectivity index (χ0n) is 13.1. The van der Waals surface area contributed by atoms with Gasteiger partial charge in [-0.15, -0.1) is 0 Å². The molecule has 2 unspecified atom stereocenters. The van der Waals surface area contributed by atoms with Gasteiger partial charge in [0.05, 0.1) is 18.0 Å². The van der Waals surface area contributed by atoms with Gasteiger partial charge in [-0.1, -0.05) is 29.8 Å². The van der Waals surface area contributed by atoms with E-state index >= 15 is 0 Å². The first kappa shape index (κ1) is 14.4. The van der Waals surface area contributed by atoms with Crippen LogP contribution in [0.2, 0.25) is 0 Å². The van der Waals surface area contributed by atoms with Crippen molar-refractivity contribution >= 4 is 24.0 Å². The summed E-state index contributed by atoms with van der Waals surface area (Å²) in [6.45, 7) is 4.70. The molecular weight excluding hydrogens is 279 g/mol. The molecule has 0 saturated heterocycles. The number of fused-ring (bicyclic) bond motifs is 1. The van der Waals surface area contributed by atoms with E-state index in [9.17, 15) is 4.57 Å². The fourth-order valence-corrected chi connectivity index (χ4v) is 5.78. The number of rotatable bonds is 1. The number of hydrogen-bond acceptors (Lipinski definition) is 2. The van der Waals surface area contributed by atoms with Crippen molar-refractivity contribution in [2.75, 3.05) is 32.3 Å². The van der Waals surface area contributed by atoms with Crippen molar-refractivity contribution in [3.8, 4) is 0 Å². The Balaban J connectivity index is 2.25. The number of para-hydroxylation sites is 1. The molecule has 0 saturated carbocycles. The molecule has 1 aliphatic rings. The van der Waals surface area contributed by atoms with Crippen LogP contribution in [0.3, 0.4) is 0 Å². The average Bonchev–Trinajstić information content (AvgIpc) is 2.46. The van der Waals surface area contributed by atoms with Crippen LogP contribution in [0.1, 0.15) is 5.56 Å². The van der Waals surface area contributed by atoms with E-state index in [4.69, 9.17) is 0 Å². The molecule has 2 aromatic carbocycles. The third-order valence-corrected chi connectivity index (χ3v) is 7.93. The predicted octanol–water partition coefficient (Wildman–Crippen LogP) is 3.57. The maximum Gasteiger partial charge on any atom is 0.282 e. The smallest absolute Gasteiger partial charge is 0.282 e. The molecule has 0 bridgehead atoms. The Morgan fingerprint density at radius 2 is 1.81 bits per heavy atom. The number of hydrogen-bond donors (Lipinski definition) is 0. The van der Waals surface area contributed by atoms with Crippen LogP contribution in [-0.4, -0.2) is 27.4 Å². The first-order chi connectivity index (χ1) is 9.86. The molecule has 0 spiro atoms. The van der Waals surface area contributed by atoms with E-state index in [1.807, 2.05) is 24.9 Å². The molecule has 2 aromatic rings. The molecule has 0 amide bonds. The standard InChI is InChI=1S/C17H22N2OP/c1-14-10-11-16-17(12-14)21(4,20)19(3,13-18(16)2)15-8-6-5-7-9-15/h5-12H,13H2,1-4H3/q+1. The van der Waals surface area contributed by atoms with Crippen LogP contribution in [0.15, 0.2) is 48.5 Å². The Kier molecular flexibility index (Phi) is 3.23. The first-order valence-corrected chi connectivity index (χ1v) is 9.28. The minimum Gasteiger partial charge on any atom is -0.327 e. The van der Waals surface area contributed by atoms with E-state index in [1.165, 1.54) is 0 Å². The normalized spacial score (nSPS) is 28.3. The molecule has 110 valence electrons. The van der Waals surface area contributed by atoms with Crippen molar-refractivity contribution in [2.45, 2.75) is 6.92 Å². The lowest BCUT2D eigenvalue weighted by Crippen LogP contribution is -2.55. The lowest BCUT2D eigenvalue weighted by molar-refractivity contribution is 0.465. The van der Waals surface area contributed by atoms with Gasteiger partial charge in [0.25, 0.3) is 7.29 Å². The van der Waals surface area contributed by atoms with Gasteiger partial charge in [-0.2, -0.15) is 0 Å². The highest BCUT2D eigenvalue weighted by atomic mass is 31.2. The Labute approximate surface area is 126 Å². The van der Waals surface area contributed by atoms with Crippen LogP contribution < -0.4 is 14.5 Å². The SMILES string of the molecule is Cc1ccc2c(c1)P(C)(=O)[N+](C)(c1ccccc1)CN2C. The molecule has 1 heterocycles. The molecule has 2 atom stereocenters. The van der Waals surface area contributed by atoms with Gasteiger partial charge in [-0.05, 0) is 31.2 Å². The van der Waals surface area contributed by atoms with Crippen molar-refractivity contribution in [1.82, 2.24) is 4.25 Å². The lowest BCUT2D eigenvalue weighted by Gasteiger charge is -2.46. The summed E-state index contributed by atoms with van der Waals surface area (Å²) in [6.07, 6.45) is 0. The summed E-state index contributed by atoms with van der Waals surface area (Å²) in [5.74, 6) is 0. The third kappa shape index (κ3) is 2.04. The Hall–Kier alpha value is -1.57. The number of nitrogens with zero attached hydrogens (tertiary/aromatic N) is 2. The monoisotopic (exact) mass is 301 g/mol. The molecule has 21 heavy (non-hydrogen) atoms. The van der Waals surface area contributed by atoms with Crippen molar-refractivity contribution in [3.05, 3.63) is 54.1 Å². The summed E-state index contributed by atoms with van der Waals surface area (Å²) in [4.78, 5) is 2.21. The highest BCUT2D eigenvalue weighted by molar-refractivity contribution is 7.71. The Morgan fingerprint density at radius 3 is 2.48 bits per heavy atom. The Morgan fingerprint density at radius 1 is 1.14 bits per heavy atom. The summed E-state index contributed by atoms with van der Waals surface area (Å²) >= 11 is 0. The fourth-order valence-electron chi connectivity index (χ4n) is 3.19. The molecule has 0 aliphatic carbocycles. The van der Waals surface area contributed by atoms with Gasteiger partial charge in [0.1, 0.15) is 5.69 Å². The largest absolute Gasteiger partial charge is 0.327 e.